The lowest BCUT2D eigenvalue weighted by atomic mass is 10.1. The molecule has 1 aromatic rings. The number of carbonyl (C=O) groups excluding carboxylic acids is 2. The Kier molecular flexibility index (Phi) is 4.74. The Bertz CT molecular complexity index is 484. The van der Waals surface area contributed by atoms with Crippen LogP contribution in [0, 0.1) is 0 Å². The lowest BCUT2D eigenvalue weighted by molar-refractivity contribution is -0.119. The number of esters is 1. The molecular weight excluding hydrogens is 256 g/mol. The van der Waals surface area contributed by atoms with Crippen molar-refractivity contribution in [2.75, 3.05) is 20.2 Å². The van der Waals surface area contributed by atoms with E-state index >= 15 is 0 Å². The van der Waals surface area contributed by atoms with E-state index in [9.17, 15) is 9.59 Å². The van der Waals surface area contributed by atoms with E-state index in [4.69, 9.17) is 0 Å². The lowest BCUT2D eigenvalue weighted by Gasteiger charge is -2.16. The molecule has 1 aliphatic heterocycles. The van der Waals surface area contributed by atoms with Crippen molar-refractivity contribution < 1.29 is 14.3 Å². The predicted octanol–water partition coefficient (Wildman–Crippen LogP) is 1.18. The molecule has 2 rings (SSSR count). The minimum absolute atomic E-state index is 0.0271. The van der Waals surface area contributed by atoms with Gasteiger partial charge in [-0.3, -0.25) is 9.69 Å². The molecule has 1 N–H and O–H groups in total. The first-order chi connectivity index (χ1) is 9.58. The van der Waals surface area contributed by atoms with Gasteiger partial charge < -0.3 is 10.1 Å². The Morgan fingerprint density at radius 2 is 2.05 bits per heavy atom. The molecule has 0 saturated carbocycles. The van der Waals surface area contributed by atoms with Crippen LogP contribution in [0.25, 0.3) is 0 Å². The van der Waals surface area contributed by atoms with Gasteiger partial charge in [0.2, 0.25) is 5.91 Å². The third-order valence-corrected chi connectivity index (χ3v) is 3.46. The molecule has 1 heterocycles. The fourth-order valence-electron chi connectivity index (χ4n) is 2.50. The van der Waals surface area contributed by atoms with Gasteiger partial charge in [-0.25, -0.2) is 4.79 Å². The first kappa shape index (κ1) is 14.5. The number of nitrogens with one attached hydrogen (secondary N) is 1. The van der Waals surface area contributed by atoms with Gasteiger partial charge in [-0.05, 0) is 24.1 Å². The van der Waals surface area contributed by atoms with Crippen molar-refractivity contribution >= 4 is 11.9 Å². The molecule has 1 aliphatic rings. The molecule has 108 valence electrons. The van der Waals surface area contributed by atoms with Crippen LogP contribution in [0.2, 0.25) is 0 Å². The quantitative estimate of drug-likeness (QED) is 0.839. The van der Waals surface area contributed by atoms with Gasteiger partial charge in [-0.1, -0.05) is 12.1 Å². The highest BCUT2D eigenvalue weighted by Gasteiger charge is 2.22. The molecule has 0 spiro atoms. The van der Waals surface area contributed by atoms with Gasteiger partial charge in [0.1, 0.15) is 0 Å². The van der Waals surface area contributed by atoms with E-state index < -0.39 is 0 Å². The standard InChI is InChI=1S/C15H20N2O3/c1-11(18)16-14-7-8-17(10-14)9-12-3-5-13(6-4-12)15(19)20-2/h3-6,14H,7-10H2,1-2H3,(H,16,18). The minimum atomic E-state index is -0.316. The number of benzene rings is 1. The first-order valence-corrected chi connectivity index (χ1v) is 6.75. The molecule has 5 heteroatoms. The molecule has 5 nitrogen and oxygen atoms in total. The molecule has 20 heavy (non-hydrogen) atoms. The second kappa shape index (κ2) is 6.52. The molecule has 0 radical (unpaired) electrons. The van der Waals surface area contributed by atoms with Crippen LogP contribution in [0.3, 0.4) is 0 Å². The smallest absolute Gasteiger partial charge is 0.337 e. The fourth-order valence-corrected chi connectivity index (χ4v) is 2.50. The van der Waals surface area contributed by atoms with Crippen molar-refractivity contribution in [1.29, 1.82) is 0 Å². The number of hydrogen-bond acceptors (Lipinski definition) is 4. The van der Waals surface area contributed by atoms with E-state index in [-0.39, 0.29) is 17.9 Å². The van der Waals surface area contributed by atoms with Crippen molar-refractivity contribution in [1.82, 2.24) is 10.2 Å². The zero-order valence-electron chi connectivity index (χ0n) is 11.9. The molecule has 0 aliphatic carbocycles. The van der Waals surface area contributed by atoms with Crippen LogP contribution in [-0.4, -0.2) is 43.0 Å². The topological polar surface area (TPSA) is 58.6 Å². The van der Waals surface area contributed by atoms with Crippen LogP contribution < -0.4 is 5.32 Å². The maximum atomic E-state index is 11.3. The molecule has 1 fully saturated rings. The normalized spacial score (nSPS) is 18.8. The Balaban J connectivity index is 1.88. The van der Waals surface area contributed by atoms with Gasteiger partial charge in [0.15, 0.2) is 0 Å². The van der Waals surface area contributed by atoms with Crippen molar-refractivity contribution in [2.45, 2.75) is 25.9 Å². The number of likely N-dealkylation sites (tertiary alicyclic amines) is 1. The summed E-state index contributed by atoms with van der Waals surface area (Å²) < 4.78 is 4.67. The van der Waals surface area contributed by atoms with Gasteiger partial charge >= 0.3 is 5.97 Å². The average Bonchev–Trinajstić information content (AvgIpc) is 2.85. The monoisotopic (exact) mass is 276 g/mol. The predicted molar refractivity (Wildman–Crippen MR) is 75.3 cm³/mol. The van der Waals surface area contributed by atoms with E-state index in [1.54, 1.807) is 19.1 Å². The van der Waals surface area contributed by atoms with E-state index in [1.165, 1.54) is 7.11 Å². The minimum Gasteiger partial charge on any atom is -0.465 e. The van der Waals surface area contributed by atoms with E-state index in [2.05, 4.69) is 15.0 Å². The fraction of sp³-hybridized carbons (Fsp3) is 0.467. The molecular formula is C15H20N2O3. The zero-order valence-corrected chi connectivity index (χ0v) is 11.9. The SMILES string of the molecule is COC(=O)c1ccc(CN2CCC(NC(C)=O)C2)cc1. The van der Waals surface area contributed by atoms with Crippen molar-refractivity contribution in [3.63, 3.8) is 0 Å². The molecule has 1 atom stereocenters. The number of nitrogens with zero attached hydrogens (tertiary/aromatic N) is 1. The lowest BCUT2D eigenvalue weighted by Crippen LogP contribution is -2.35. The highest BCUT2D eigenvalue weighted by Crippen LogP contribution is 2.14. The van der Waals surface area contributed by atoms with E-state index in [1.807, 2.05) is 12.1 Å². The summed E-state index contributed by atoms with van der Waals surface area (Å²) in [6.45, 7) is 4.23. The Hall–Kier alpha value is -1.88. The Morgan fingerprint density at radius 3 is 2.65 bits per heavy atom. The van der Waals surface area contributed by atoms with Crippen LogP contribution in [0.15, 0.2) is 24.3 Å². The van der Waals surface area contributed by atoms with Gasteiger partial charge in [-0.15, -0.1) is 0 Å². The van der Waals surface area contributed by atoms with Crippen molar-refractivity contribution in [3.05, 3.63) is 35.4 Å². The number of amides is 1. The number of ether oxygens (including phenoxy) is 1. The Morgan fingerprint density at radius 1 is 1.35 bits per heavy atom. The summed E-state index contributed by atoms with van der Waals surface area (Å²) in [4.78, 5) is 24.7. The summed E-state index contributed by atoms with van der Waals surface area (Å²) in [6.07, 6.45) is 0.986. The average molecular weight is 276 g/mol. The molecule has 1 unspecified atom stereocenters. The summed E-state index contributed by atoms with van der Waals surface area (Å²) in [5.41, 5.74) is 1.72. The summed E-state index contributed by atoms with van der Waals surface area (Å²) in [5, 5.41) is 2.95. The second-order valence-corrected chi connectivity index (χ2v) is 5.11. The summed E-state index contributed by atoms with van der Waals surface area (Å²) in [5.74, 6) is -0.289. The van der Waals surface area contributed by atoms with Crippen LogP contribution in [0.1, 0.15) is 29.3 Å². The molecule has 0 bridgehead atoms. The number of hydrogen-bond donors (Lipinski definition) is 1. The number of methoxy groups -OCH3 is 1. The molecule has 1 aromatic carbocycles. The summed E-state index contributed by atoms with van der Waals surface area (Å²) >= 11 is 0. The van der Waals surface area contributed by atoms with Gasteiger partial charge in [0, 0.05) is 32.6 Å². The number of carbonyl (C=O) groups is 2. The summed E-state index contributed by atoms with van der Waals surface area (Å²) in [6, 6.07) is 7.70. The van der Waals surface area contributed by atoms with Crippen LogP contribution in [0.4, 0.5) is 0 Å². The van der Waals surface area contributed by atoms with E-state index in [0.717, 1.165) is 31.6 Å². The van der Waals surface area contributed by atoms with Crippen molar-refractivity contribution in [3.8, 4) is 0 Å². The molecule has 1 saturated heterocycles. The molecule has 0 aromatic heterocycles. The van der Waals surface area contributed by atoms with Crippen molar-refractivity contribution in [2.24, 2.45) is 0 Å². The Labute approximate surface area is 118 Å². The molecule has 1 amide bonds. The highest BCUT2D eigenvalue weighted by molar-refractivity contribution is 5.89. The third-order valence-electron chi connectivity index (χ3n) is 3.46. The van der Waals surface area contributed by atoms with Gasteiger partial charge in [-0.2, -0.15) is 0 Å². The zero-order chi connectivity index (χ0) is 14.5. The van der Waals surface area contributed by atoms with Crippen LogP contribution in [-0.2, 0) is 16.1 Å². The maximum Gasteiger partial charge on any atom is 0.337 e. The first-order valence-electron chi connectivity index (χ1n) is 6.75. The highest BCUT2D eigenvalue weighted by atomic mass is 16.5. The number of rotatable bonds is 4. The van der Waals surface area contributed by atoms with Crippen LogP contribution in [0.5, 0.6) is 0 Å². The van der Waals surface area contributed by atoms with Gasteiger partial charge in [0.25, 0.3) is 0 Å². The summed E-state index contributed by atoms with van der Waals surface area (Å²) in [7, 11) is 1.38. The van der Waals surface area contributed by atoms with Crippen LogP contribution >= 0.6 is 0 Å². The van der Waals surface area contributed by atoms with Gasteiger partial charge in [0.05, 0.1) is 12.7 Å². The van der Waals surface area contributed by atoms with E-state index in [0.29, 0.717) is 5.56 Å². The third kappa shape index (κ3) is 3.81. The second-order valence-electron chi connectivity index (χ2n) is 5.11. The maximum absolute atomic E-state index is 11.3. The largest absolute Gasteiger partial charge is 0.465 e.